The molecule has 0 N–H and O–H groups in total. The van der Waals surface area contributed by atoms with E-state index in [1.807, 2.05) is 77.3 Å². The Morgan fingerprint density at radius 1 is 0.528 bits per heavy atom. The third-order valence-electron chi connectivity index (χ3n) is 10.1. The monoisotopic (exact) mass is 716 g/mol. The molecule has 6 aromatic carbocycles. The molecule has 5 nitrogen and oxygen atoms in total. The van der Waals surface area contributed by atoms with Crippen LogP contribution in [0.25, 0.3) is 98.8 Å². The zero-order valence-electron chi connectivity index (χ0n) is 28.2. The number of thiophene rings is 2. The molecular weight excluding hydrogens is 689 g/mol. The molecule has 7 heteroatoms. The lowest BCUT2D eigenvalue weighted by atomic mass is 9.97. The van der Waals surface area contributed by atoms with Gasteiger partial charge in [0.1, 0.15) is 5.52 Å². The lowest BCUT2D eigenvalue weighted by molar-refractivity contribution is 0.516. The van der Waals surface area contributed by atoms with Crippen molar-refractivity contribution in [2.24, 2.45) is 0 Å². The highest BCUT2D eigenvalue weighted by Gasteiger charge is 2.20. The van der Waals surface area contributed by atoms with Crippen LogP contribution in [-0.2, 0) is 0 Å². The predicted molar refractivity (Wildman–Crippen MR) is 219 cm³/mol. The summed E-state index contributed by atoms with van der Waals surface area (Å²) in [6.45, 7) is 0. The molecule has 1 aliphatic rings. The minimum atomic E-state index is 0.105. The minimum absolute atomic E-state index is 0.105. The summed E-state index contributed by atoms with van der Waals surface area (Å²) >= 11 is 3.67. The lowest BCUT2D eigenvalue weighted by Gasteiger charge is -2.10. The molecule has 1 unspecified atom stereocenters. The van der Waals surface area contributed by atoms with Gasteiger partial charge in [-0.05, 0) is 59.2 Å². The van der Waals surface area contributed by atoms with Crippen LogP contribution >= 0.6 is 22.7 Å². The molecule has 0 spiro atoms. The Balaban J connectivity index is 0.982. The molecule has 1 aliphatic carbocycles. The highest BCUT2D eigenvalue weighted by molar-refractivity contribution is 7.25. The van der Waals surface area contributed by atoms with E-state index in [9.17, 15) is 0 Å². The molecule has 10 aromatic rings. The van der Waals surface area contributed by atoms with Gasteiger partial charge in [0.15, 0.2) is 23.1 Å². The maximum Gasteiger partial charge on any atom is 0.202 e. The second kappa shape index (κ2) is 12.2. The van der Waals surface area contributed by atoms with Crippen molar-refractivity contribution in [3.63, 3.8) is 0 Å². The number of para-hydroxylation sites is 2. The van der Waals surface area contributed by atoms with Crippen molar-refractivity contribution in [2.45, 2.75) is 12.3 Å². The highest BCUT2D eigenvalue weighted by Crippen LogP contribution is 2.37. The van der Waals surface area contributed by atoms with Crippen molar-refractivity contribution in [3.8, 4) is 45.3 Å². The van der Waals surface area contributed by atoms with E-state index in [1.165, 1.54) is 45.6 Å². The summed E-state index contributed by atoms with van der Waals surface area (Å²) in [5.41, 5.74) is 6.97. The van der Waals surface area contributed by atoms with Gasteiger partial charge in [-0.1, -0.05) is 115 Å². The summed E-state index contributed by atoms with van der Waals surface area (Å²) in [5.74, 6) is 2.84. The van der Waals surface area contributed by atoms with Crippen molar-refractivity contribution in [1.82, 2.24) is 19.9 Å². The fraction of sp³-hybridized carbons (Fsp3) is 0.0435. The van der Waals surface area contributed by atoms with Crippen molar-refractivity contribution < 1.29 is 4.42 Å². The van der Waals surface area contributed by atoms with Gasteiger partial charge in [-0.25, -0.2) is 19.9 Å². The van der Waals surface area contributed by atoms with Gasteiger partial charge in [-0.3, -0.25) is 0 Å². The summed E-state index contributed by atoms with van der Waals surface area (Å²) in [4.78, 5) is 19.9. The van der Waals surface area contributed by atoms with Crippen LogP contribution in [-0.4, -0.2) is 19.9 Å². The average Bonchev–Trinajstić information content (AvgIpc) is 3.94. The van der Waals surface area contributed by atoms with Crippen molar-refractivity contribution in [1.29, 1.82) is 0 Å². The molecule has 0 bridgehead atoms. The normalized spacial score (nSPS) is 14.1. The molecule has 0 fully saturated rings. The van der Waals surface area contributed by atoms with Crippen LogP contribution < -0.4 is 9.75 Å². The summed E-state index contributed by atoms with van der Waals surface area (Å²) < 4.78 is 11.3. The third-order valence-corrected chi connectivity index (χ3v) is 12.5. The minimum Gasteiger partial charge on any atom is -0.440 e. The van der Waals surface area contributed by atoms with Crippen LogP contribution in [0.4, 0.5) is 0 Å². The average molecular weight is 717 g/mol. The quantitative estimate of drug-likeness (QED) is 0.177. The summed E-state index contributed by atoms with van der Waals surface area (Å²) in [6, 6.07) is 48.5. The van der Waals surface area contributed by atoms with E-state index in [4.69, 9.17) is 24.4 Å². The topological polar surface area (TPSA) is 64.7 Å². The Morgan fingerprint density at radius 3 is 2.06 bits per heavy atom. The molecule has 0 amide bonds. The lowest BCUT2D eigenvalue weighted by Crippen LogP contribution is -2.23. The van der Waals surface area contributed by atoms with E-state index in [2.05, 4.69) is 97.1 Å². The van der Waals surface area contributed by atoms with Crippen molar-refractivity contribution >= 4 is 76.2 Å². The van der Waals surface area contributed by atoms with Crippen LogP contribution in [0.15, 0.2) is 144 Å². The number of hydrogen-bond acceptors (Lipinski definition) is 7. The first-order valence-corrected chi connectivity index (χ1v) is 19.3. The number of nitrogens with zero attached hydrogens (tertiary/aromatic N) is 4. The van der Waals surface area contributed by atoms with E-state index >= 15 is 0 Å². The molecule has 0 radical (unpaired) electrons. The molecule has 11 rings (SSSR count). The number of oxazole rings is 1. The van der Waals surface area contributed by atoms with Gasteiger partial charge in [0.05, 0.1) is 5.92 Å². The number of benzene rings is 6. The maximum atomic E-state index is 6.17. The highest BCUT2D eigenvalue weighted by atomic mass is 32.1. The van der Waals surface area contributed by atoms with Gasteiger partial charge in [0, 0.05) is 51.5 Å². The van der Waals surface area contributed by atoms with Crippen LogP contribution in [0.1, 0.15) is 18.2 Å². The van der Waals surface area contributed by atoms with Gasteiger partial charge in [-0.15, -0.1) is 22.7 Å². The number of fused-ring (bicyclic) bond motifs is 7. The first kappa shape index (κ1) is 30.4. The second-order valence-corrected chi connectivity index (χ2v) is 15.5. The van der Waals surface area contributed by atoms with Gasteiger partial charge in [-0.2, -0.15) is 0 Å². The van der Waals surface area contributed by atoms with E-state index in [0.29, 0.717) is 17.5 Å². The number of hydrogen-bond donors (Lipinski definition) is 0. The van der Waals surface area contributed by atoms with E-state index in [0.717, 1.165) is 45.7 Å². The predicted octanol–water partition coefficient (Wildman–Crippen LogP) is 11.0. The maximum absolute atomic E-state index is 6.17. The zero-order valence-corrected chi connectivity index (χ0v) is 29.9. The summed E-state index contributed by atoms with van der Waals surface area (Å²) in [7, 11) is 0. The molecule has 0 saturated carbocycles. The Kier molecular flexibility index (Phi) is 6.96. The van der Waals surface area contributed by atoms with Crippen LogP contribution in [0, 0.1) is 0 Å². The van der Waals surface area contributed by atoms with Gasteiger partial charge in [0.2, 0.25) is 5.89 Å². The fourth-order valence-corrected chi connectivity index (χ4v) is 9.80. The first-order chi connectivity index (χ1) is 26.2. The second-order valence-electron chi connectivity index (χ2n) is 13.4. The smallest absolute Gasteiger partial charge is 0.202 e. The van der Waals surface area contributed by atoms with Crippen LogP contribution in [0.3, 0.4) is 0 Å². The molecule has 4 aromatic heterocycles. The molecule has 1 atom stereocenters. The molecule has 0 saturated heterocycles. The van der Waals surface area contributed by atoms with Crippen molar-refractivity contribution in [3.05, 3.63) is 155 Å². The molecule has 53 heavy (non-hydrogen) atoms. The van der Waals surface area contributed by atoms with Crippen LogP contribution in [0.2, 0.25) is 0 Å². The first-order valence-electron chi connectivity index (χ1n) is 17.6. The largest absolute Gasteiger partial charge is 0.440 e. The van der Waals surface area contributed by atoms with Gasteiger partial charge >= 0.3 is 0 Å². The molecular formula is C46H28N4OS2. The Bertz CT molecular complexity index is 3130. The number of rotatable bonds is 5. The van der Waals surface area contributed by atoms with E-state index in [-0.39, 0.29) is 5.92 Å². The van der Waals surface area contributed by atoms with E-state index in [1.54, 1.807) is 0 Å². The van der Waals surface area contributed by atoms with Gasteiger partial charge < -0.3 is 4.42 Å². The summed E-state index contributed by atoms with van der Waals surface area (Å²) in [6.07, 6.45) is 5.55. The SMILES string of the molecule is C1=c2sc3c(-c4ccc(-c5nc(-c6ccccc6)nc(-c6ccc7sc8ccccc8c7c6)n5)cc4)cccc3c2=CC(c2nc3ccccc3o2)C1. The zero-order chi connectivity index (χ0) is 34.9. The Labute approximate surface area is 311 Å². The van der Waals surface area contributed by atoms with Crippen molar-refractivity contribution in [2.75, 3.05) is 0 Å². The fourth-order valence-electron chi connectivity index (χ4n) is 7.45. The van der Waals surface area contributed by atoms with E-state index < -0.39 is 0 Å². The number of aromatic nitrogens is 4. The Hall–Kier alpha value is -6.28. The standard InChI is InChI=1S/C46H28N4OS2/c1-2-9-28(10-3-1)43-48-44(50-45(49-43)30-21-23-40-35(25-30)33-11-4-7-16-39(33)52-40)29-19-17-27(18-20-29)32-12-8-13-34-36-26-31(22-24-41(36)53-42(32)34)46-47-37-14-5-6-15-38(37)51-46/h1-21,23-26,31H,22H2. The molecule has 250 valence electrons. The molecule has 0 aliphatic heterocycles. The van der Waals surface area contributed by atoms with Crippen LogP contribution in [0.5, 0.6) is 0 Å². The third kappa shape index (κ3) is 5.19. The Morgan fingerprint density at radius 2 is 1.21 bits per heavy atom. The van der Waals surface area contributed by atoms with Gasteiger partial charge in [0.25, 0.3) is 0 Å². The summed E-state index contributed by atoms with van der Waals surface area (Å²) in [5, 5.41) is 5.00. The molecule has 4 heterocycles.